The Bertz CT molecular complexity index is 562. The maximum absolute atomic E-state index is 6.23. The zero-order valence-electron chi connectivity index (χ0n) is 11.3. The maximum atomic E-state index is 6.23. The van der Waals surface area contributed by atoms with Crippen LogP contribution in [-0.4, -0.2) is 21.5 Å². The van der Waals surface area contributed by atoms with Gasteiger partial charge in [0.1, 0.15) is 0 Å². The van der Waals surface area contributed by atoms with Gasteiger partial charge in [0.25, 0.3) is 0 Å². The first kappa shape index (κ1) is 15.7. The molecule has 1 aromatic heterocycles. The monoisotopic (exact) mass is 330 g/mol. The summed E-state index contributed by atoms with van der Waals surface area (Å²) in [6, 6.07) is 7.80. The summed E-state index contributed by atoms with van der Waals surface area (Å²) < 4.78 is 1.80. The summed E-state index contributed by atoms with van der Waals surface area (Å²) >= 11 is 18.6. The highest BCUT2D eigenvalue weighted by molar-refractivity contribution is 6.30. The normalized spacial score (nSPS) is 11.8. The Labute approximate surface area is 134 Å². The molecule has 0 fully saturated rings. The topological polar surface area (TPSA) is 17.8 Å². The van der Waals surface area contributed by atoms with Crippen molar-refractivity contribution in [1.29, 1.82) is 0 Å². The van der Waals surface area contributed by atoms with E-state index in [0.29, 0.717) is 16.8 Å². The Hall–Kier alpha value is -0.700. The Balaban J connectivity index is 2.20. The molecule has 1 heterocycles. The lowest BCUT2D eigenvalue weighted by atomic mass is 9.79. The number of aryl methyl sites for hydroxylation is 2. The average Bonchev–Trinajstić information content (AvgIpc) is 2.86. The molecule has 0 bridgehead atoms. The summed E-state index contributed by atoms with van der Waals surface area (Å²) in [5, 5.41) is 4.90. The molecule has 20 heavy (non-hydrogen) atoms. The number of benzene rings is 1. The Morgan fingerprint density at radius 2 is 2.00 bits per heavy atom. The maximum Gasteiger partial charge on any atom is 0.0521 e. The quantitative estimate of drug-likeness (QED) is 0.716. The summed E-state index contributed by atoms with van der Waals surface area (Å²) in [6.07, 6.45) is 5.65. The molecule has 0 spiro atoms. The van der Waals surface area contributed by atoms with E-state index in [4.69, 9.17) is 34.8 Å². The van der Waals surface area contributed by atoms with E-state index in [2.05, 4.69) is 5.10 Å². The van der Waals surface area contributed by atoms with Gasteiger partial charge < -0.3 is 0 Å². The fraction of sp³-hybridized carbons (Fsp3) is 0.400. The van der Waals surface area contributed by atoms with Crippen molar-refractivity contribution >= 4 is 34.8 Å². The molecule has 0 amide bonds. The van der Waals surface area contributed by atoms with Crippen molar-refractivity contribution in [3.63, 3.8) is 0 Å². The summed E-state index contributed by atoms with van der Waals surface area (Å²) in [5.74, 6) is 0.939. The standard InChI is InChI=1S/C15H17Cl3N2/c1-20-9-12(8-19-20)5-6-15(10-16,11-17)13-3-2-4-14(18)7-13/h2-4,7-9H,5-6,10-11H2,1H3. The van der Waals surface area contributed by atoms with Crippen LogP contribution in [0.4, 0.5) is 0 Å². The van der Waals surface area contributed by atoms with Gasteiger partial charge in [-0.05, 0) is 36.1 Å². The van der Waals surface area contributed by atoms with E-state index < -0.39 is 0 Å². The number of alkyl halides is 2. The lowest BCUT2D eigenvalue weighted by Gasteiger charge is -2.30. The van der Waals surface area contributed by atoms with Gasteiger partial charge in [-0.15, -0.1) is 23.2 Å². The molecule has 0 saturated heterocycles. The Morgan fingerprint density at radius 1 is 1.25 bits per heavy atom. The van der Waals surface area contributed by atoms with Crippen molar-refractivity contribution in [3.05, 3.63) is 52.8 Å². The highest BCUT2D eigenvalue weighted by Crippen LogP contribution is 2.33. The third kappa shape index (κ3) is 3.49. The van der Waals surface area contributed by atoms with Crippen LogP contribution < -0.4 is 0 Å². The molecule has 0 saturated carbocycles. The highest BCUT2D eigenvalue weighted by atomic mass is 35.5. The first-order valence-electron chi connectivity index (χ1n) is 6.45. The van der Waals surface area contributed by atoms with Crippen LogP contribution in [0.15, 0.2) is 36.7 Å². The summed E-state index contributed by atoms with van der Waals surface area (Å²) in [7, 11) is 1.91. The molecule has 0 atom stereocenters. The van der Waals surface area contributed by atoms with Gasteiger partial charge in [-0.25, -0.2) is 0 Å². The fourth-order valence-electron chi connectivity index (χ4n) is 2.27. The molecular formula is C15H17Cl3N2. The van der Waals surface area contributed by atoms with Crippen LogP contribution in [0.2, 0.25) is 5.02 Å². The van der Waals surface area contributed by atoms with Gasteiger partial charge in [-0.1, -0.05) is 23.7 Å². The molecule has 5 heteroatoms. The lowest BCUT2D eigenvalue weighted by molar-refractivity contribution is 0.492. The van der Waals surface area contributed by atoms with Crippen LogP contribution in [0.3, 0.4) is 0 Å². The van der Waals surface area contributed by atoms with E-state index >= 15 is 0 Å². The molecular weight excluding hydrogens is 315 g/mol. The predicted molar refractivity (Wildman–Crippen MR) is 86.1 cm³/mol. The average molecular weight is 332 g/mol. The van der Waals surface area contributed by atoms with Gasteiger partial charge in [0, 0.05) is 35.4 Å². The molecule has 0 aliphatic heterocycles. The molecule has 0 unspecified atom stereocenters. The summed E-state index contributed by atoms with van der Waals surface area (Å²) in [4.78, 5) is 0. The minimum absolute atomic E-state index is 0.260. The lowest BCUT2D eigenvalue weighted by Crippen LogP contribution is -2.31. The first-order chi connectivity index (χ1) is 9.59. The number of hydrogen-bond donors (Lipinski definition) is 0. The Morgan fingerprint density at radius 3 is 2.55 bits per heavy atom. The number of halogens is 3. The molecule has 2 nitrogen and oxygen atoms in total. The third-order valence-electron chi connectivity index (χ3n) is 3.60. The summed E-state index contributed by atoms with van der Waals surface area (Å²) in [5.41, 5.74) is 2.03. The van der Waals surface area contributed by atoms with Crippen LogP contribution in [0.1, 0.15) is 17.5 Å². The zero-order chi connectivity index (χ0) is 14.6. The minimum Gasteiger partial charge on any atom is -0.276 e. The van der Waals surface area contributed by atoms with E-state index in [9.17, 15) is 0 Å². The molecule has 0 aliphatic rings. The summed E-state index contributed by atoms with van der Waals surface area (Å²) in [6.45, 7) is 0. The van der Waals surface area contributed by atoms with Crippen LogP contribution in [0.5, 0.6) is 0 Å². The Kier molecular flexibility index (Phi) is 5.36. The van der Waals surface area contributed by atoms with Gasteiger partial charge in [-0.2, -0.15) is 5.10 Å². The predicted octanol–water partition coefficient (Wildman–Crippen LogP) is 4.42. The second-order valence-electron chi connectivity index (χ2n) is 5.08. The van der Waals surface area contributed by atoms with Crippen LogP contribution in [0, 0.1) is 0 Å². The van der Waals surface area contributed by atoms with Gasteiger partial charge in [0.05, 0.1) is 6.20 Å². The van der Waals surface area contributed by atoms with Gasteiger partial charge in [-0.3, -0.25) is 4.68 Å². The van der Waals surface area contributed by atoms with E-state index in [-0.39, 0.29) is 5.41 Å². The van der Waals surface area contributed by atoms with Gasteiger partial charge >= 0.3 is 0 Å². The van der Waals surface area contributed by atoms with E-state index in [1.54, 1.807) is 4.68 Å². The van der Waals surface area contributed by atoms with Crippen molar-refractivity contribution in [2.24, 2.45) is 7.05 Å². The first-order valence-corrected chi connectivity index (χ1v) is 7.90. The van der Waals surface area contributed by atoms with Crippen LogP contribution >= 0.6 is 34.8 Å². The van der Waals surface area contributed by atoms with Crippen molar-refractivity contribution < 1.29 is 0 Å². The minimum atomic E-state index is -0.260. The van der Waals surface area contributed by atoms with Gasteiger partial charge in [0.15, 0.2) is 0 Å². The number of aromatic nitrogens is 2. The van der Waals surface area contributed by atoms with Crippen LogP contribution in [-0.2, 0) is 18.9 Å². The zero-order valence-corrected chi connectivity index (χ0v) is 13.6. The molecule has 0 radical (unpaired) electrons. The second kappa shape index (κ2) is 6.84. The fourth-order valence-corrected chi connectivity index (χ4v) is 3.32. The molecule has 2 rings (SSSR count). The largest absolute Gasteiger partial charge is 0.276 e. The van der Waals surface area contributed by atoms with Crippen molar-refractivity contribution in [3.8, 4) is 0 Å². The number of rotatable bonds is 6. The smallest absolute Gasteiger partial charge is 0.0521 e. The highest BCUT2D eigenvalue weighted by Gasteiger charge is 2.30. The van der Waals surface area contributed by atoms with Crippen molar-refractivity contribution in [2.45, 2.75) is 18.3 Å². The molecule has 1 aromatic carbocycles. The molecule has 108 valence electrons. The second-order valence-corrected chi connectivity index (χ2v) is 6.05. The van der Waals surface area contributed by atoms with Crippen LogP contribution in [0.25, 0.3) is 0 Å². The van der Waals surface area contributed by atoms with E-state index in [1.807, 2.05) is 43.7 Å². The number of nitrogens with zero attached hydrogens (tertiary/aromatic N) is 2. The van der Waals surface area contributed by atoms with E-state index in [0.717, 1.165) is 18.4 Å². The SMILES string of the molecule is Cn1cc(CCC(CCl)(CCl)c2cccc(Cl)c2)cn1. The van der Waals surface area contributed by atoms with Gasteiger partial charge in [0.2, 0.25) is 0 Å². The van der Waals surface area contributed by atoms with Crippen molar-refractivity contribution in [1.82, 2.24) is 9.78 Å². The number of hydrogen-bond acceptors (Lipinski definition) is 1. The third-order valence-corrected chi connectivity index (χ3v) is 4.86. The van der Waals surface area contributed by atoms with Crippen molar-refractivity contribution in [2.75, 3.05) is 11.8 Å². The molecule has 2 aromatic rings. The molecule has 0 aliphatic carbocycles. The van der Waals surface area contributed by atoms with E-state index in [1.165, 1.54) is 5.56 Å². The molecule has 0 N–H and O–H groups in total.